The normalized spacial score (nSPS) is 22.0. The van der Waals surface area contributed by atoms with Gasteiger partial charge in [0.05, 0.1) is 5.92 Å². The second-order valence-corrected chi connectivity index (χ2v) is 5.11. The van der Waals surface area contributed by atoms with Crippen LogP contribution in [-0.2, 0) is 4.79 Å². The first kappa shape index (κ1) is 12.8. The highest BCUT2D eigenvalue weighted by Crippen LogP contribution is 2.32. The maximum Gasteiger partial charge on any atom is 0.306 e. The van der Waals surface area contributed by atoms with Crippen LogP contribution in [0.4, 0.5) is 5.82 Å². The van der Waals surface area contributed by atoms with Gasteiger partial charge in [-0.15, -0.1) is 0 Å². The van der Waals surface area contributed by atoms with Crippen LogP contribution in [0.5, 0.6) is 0 Å². The molecule has 2 heterocycles. The molecule has 1 aliphatic rings. The number of aliphatic carboxylic acids is 1. The van der Waals surface area contributed by atoms with Gasteiger partial charge in [0.25, 0.3) is 0 Å². The Bertz CT molecular complexity index is 631. The first-order chi connectivity index (χ1) is 9.74. The van der Waals surface area contributed by atoms with Crippen molar-refractivity contribution < 1.29 is 9.90 Å². The number of rotatable bonds is 4. The third-order valence-electron chi connectivity index (χ3n) is 3.85. The summed E-state index contributed by atoms with van der Waals surface area (Å²) in [6, 6.07) is 3.71. The van der Waals surface area contributed by atoms with E-state index in [0.29, 0.717) is 18.0 Å². The van der Waals surface area contributed by atoms with E-state index in [1.54, 1.807) is 12.4 Å². The molecule has 0 aromatic carbocycles. The zero-order chi connectivity index (χ0) is 13.9. The summed E-state index contributed by atoms with van der Waals surface area (Å²) in [4.78, 5) is 23.8. The van der Waals surface area contributed by atoms with E-state index >= 15 is 0 Å². The molecule has 2 aromatic heterocycles. The Kier molecular flexibility index (Phi) is 3.45. The molecule has 2 aromatic rings. The zero-order valence-corrected chi connectivity index (χ0v) is 11.0. The summed E-state index contributed by atoms with van der Waals surface area (Å²) in [6.45, 7) is 0.635. The molecule has 1 fully saturated rings. The van der Waals surface area contributed by atoms with Crippen molar-refractivity contribution in [2.24, 2.45) is 11.8 Å². The maximum absolute atomic E-state index is 11.1. The van der Waals surface area contributed by atoms with E-state index in [1.165, 1.54) is 0 Å². The van der Waals surface area contributed by atoms with E-state index in [9.17, 15) is 4.79 Å². The number of carboxylic acid groups (broad SMARTS) is 1. The fraction of sp³-hybridized carbons (Fsp3) is 0.429. The third kappa shape index (κ3) is 2.54. The number of nitrogens with one attached hydrogen (secondary N) is 1. The maximum atomic E-state index is 11.1. The molecule has 0 radical (unpaired) electrons. The zero-order valence-electron chi connectivity index (χ0n) is 11.0. The third-order valence-corrected chi connectivity index (χ3v) is 3.85. The van der Waals surface area contributed by atoms with E-state index < -0.39 is 5.97 Å². The number of aromatic nitrogens is 3. The van der Waals surface area contributed by atoms with Crippen LogP contribution in [0.15, 0.2) is 24.5 Å². The fourth-order valence-electron chi connectivity index (χ4n) is 2.79. The van der Waals surface area contributed by atoms with Crippen molar-refractivity contribution in [1.82, 2.24) is 15.0 Å². The monoisotopic (exact) mass is 272 g/mol. The lowest BCUT2D eigenvalue weighted by atomic mass is 9.96. The minimum absolute atomic E-state index is 0.173. The predicted molar refractivity (Wildman–Crippen MR) is 74.3 cm³/mol. The molecule has 6 nitrogen and oxygen atoms in total. The van der Waals surface area contributed by atoms with Gasteiger partial charge in [-0.25, -0.2) is 9.97 Å². The van der Waals surface area contributed by atoms with Crippen LogP contribution in [0.25, 0.3) is 11.2 Å². The molecule has 0 saturated heterocycles. The van der Waals surface area contributed by atoms with Crippen molar-refractivity contribution in [1.29, 1.82) is 0 Å². The number of carboxylic acids is 1. The Balaban J connectivity index is 1.69. The van der Waals surface area contributed by atoms with Crippen LogP contribution in [0.3, 0.4) is 0 Å². The molecule has 3 rings (SSSR count). The largest absolute Gasteiger partial charge is 0.481 e. The van der Waals surface area contributed by atoms with Crippen LogP contribution >= 0.6 is 0 Å². The van der Waals surface area contributed by atoms with E-state index in [4.69, 9.17) is 5.11 Å². The van der Waals surface area contributed by atoms with Crippen LogP contribution in [0, 0.1) is 11.8 Å². The summed E-state index contributed by atoms with van der Waals surface area (Å²) in [7, 11) is 0. The van der Waals surface area contributed by atoms with Gasteiger partial charge in [0, 0.05) is 18.9 Å². The highest BCUT2D eigenvalue weighted by atomic mass is 16.4. The summed E-state index contributed by atoms with van der Waals surface area (Å²) >= 11 is 0. The number of anilines is 1. The molecule has 20 heavy (non-hydrogen) atoms. The van der Waals surface area contributed by atoms with Gasteiger partial charge < -0.3 is 10.4 Å². The van der Waals surface area contributed by atoms with Crippen molar-refractivity contribution in [2.45, 2.75) is 19.3 Å². The molecule has 0 bridgehead atoms. The number of nitrogens with zero attached hydrogens (tertiary/aromatic N) is 3. The average molecular weight is 272 g/mol. The lowest BCUT2D eigenvalue weighted by Gasteiger charge is -2.16. The van der Waals surface area contributed by atoms with E-state index in [0.717, 1.165) is 24.8 Å². The van der Waals surface area contributed by atoms with Gasteiger partial charge in [0.1, 0.15) is 11.3 Å². The second-order valence-electron chi connectivity index (χ2n) is 5.11. The van der Waals surface area contributed by atoms with Gasteiger partial charge in [-0.1, -0.05) is 6.42 Å². The van der Waals surface area contributed by atoms with Crippen LogP contribution in [0.1, 0.15) is 19.3 Å². The van der Waals surface area contributed by atoms with Gasteiger partial charge in [-0.2, -0.15) is 0 Å². The van der Waals surface area contributed by atoms with Gasteiger partial charge in [-0.3, -0.25) is 9.78 Å². The van der Waals surface area contributed by atoms with Gasteiger partial charge in [0.2, 0.25) is 0 Å². The number of carbonyl (C=O) groups is 1. The Morgan fingerprint density at radius 2 is 2.15 bits per heavy atom. The summed E-state index contributed by atoms with van der Waals surface area (Å²) in [5, 5.41) is 12.4. The Morgan fingerprint density at radius 1 is 1.30 bits per heavy atom. The molecule has 6 heteroatoms. The molecule has 0 aliphatic heterocycles. The molecular weight excluding hydrogens is 256 g/mol. The molecule has 1 saturated carbocycles. The predicted octanol–water partition coefficient (Wildman–Crippen LogP) is 1.94. The lowest BCUT2D eigenvalue weighted by Crippen LogP contribution is -2.24. The van der Waals surface area contributed by atoms with Crippen molar-refractivity contribution >= 4 is 23.0 Å². The SMILES string of the molecule is O=C(O)C1CCCC1CNc1ccc2nccnc2n1. The highest BCUT2D eigenvalue weighted by molar-refractivity contribution is 5.72. The first-order valence-corrected chi connectivity index (χ1v) is 6.78. The second kappa shape index (κ2) is 5.40. The summed E-state index contributed by atoms with van der Waals surface area (Å²) < 4.78 is 0. The fourth-order valence-corrected chi connectivity index (χ4v) is 2.79. The van der Waals surface area contributed by atoms with Crippen molar-refractivity contribution in [3.05, 3.63) is 24.5 Å². The summed E-state index contributed by atoms with van der Waals surface area (Å²) in [6.07, 6.45) is 5.96. The van der Waals surface area contributed by atoms with E-state index in [2.05, 4.69) is 20.3 Å². The topological polar surface area (TPSA) is 88.0 Å². The molecular formula is C14H16N4O2. The number of hydrogen-bond acceptors (Lipinski definition) is 5. The number of pyridine rings is 1. The molecule has 104 valence electrons. The quantitative estimate of drug-likeness (QED) is 0.884. The molecule has 0 spiro atoms. The van der Waals surface area contributed by atoms with Gasteiger partial charge >= 0.3 is 5.97 Å². The van der Waals surface area contributed by atoms with Crippen molar-refractivity contribution in [3.8, 4) is 0 Å². The van der Waals surface area contributed by atoms with Crippen LogP contribution in [-0.4, -0.2) is 32.6 Å². The molecule has 1 aliphatic carbocycles. The standard InChI is InChI=1S/C14H16N4O2/c19-14(20)10-3-1-2-9(10)8-17-12-5-4-11-13(18-12)16-7-6-15-11/h4-7,9-10H,1-3,8H2,(H,19,20)(H,16,17,18). The Morgan fingerprint density at radius 3 is 3.00 bits per heavy atom. The molecule has 2 unspecified atom stereocenters. The van der Waals surface area contributed by atoms with Gasteiger partial charge in [0.15, 0.2) is 5.65 Å². The van der Waals surface area contributed by atoms with Gasteiger partial charge in [-0.05, 0) is 30.9 Å². The average Bonchev–Trinajstić information content (AvgIpc) is 2.93. The highest BCUT2D eigenvalue weighted by Gasteiger charge is 2.32. The smallest absolute Gasteiger partial charge is 0.306 e. The van der Waals surface area contributed by atoms with E-state index in [1.807, 2.05) is 12.1 Å². The molecule has 2 atom stereocenters. The number of fused-ring (bicyclic) bond motifs is 1. The Labute approximate surface area is 116 Å². The summed E-state index contributed by atoms with van der Waals surface area (Å²) in [5.41, 5.74) is 1.35. The number of hydrogen-bond donors (Lipinski definition) is 2. The minimum Gasteiger partial charge on any atom is -0.481 e. The van der Waals surface area contributed by atoms with Crippen molar-refractivity contribution in [3.63, 3.8) is 0 Å². The molecule has 0 amide bonds. The lowest BCUT2D eigenvalue weighted by molar-refractivity contribution is -0.142. The summed E-state index contributed by atoms with van der Waals surface area (Å²) in [5.74, 6) is -0.0321. The van der Waals surface area contributed by atoms with Crippen molar-refractivity contribution in [2.75, 3.05) is 11.9 Å². The first-order valence-electron chi connectivity index (χ1n) is 6.78. The Hall–Kier alpha value is -2.24. The van der Waals surface area contributed by atoms with E-state index in [-0.39, 0.29) is 11.8 Å². The van der Waals surface area contributed by atoms with Crippen LogP contribution < -0.4 is 5.32 Å². The molecule has 2 N–H and O–H groups in total. The van der Waals surface area contributed by atoms with Crippen LogP contribution in [0.2, 0.25) is 0 Å². The minimum atomic E-state index is -0.688.